The molecule has 21 heavy (non-hydrogen) atoms. The van der Waals surface area contributed by atoms with Crippen molar-refractivity contribution in [2.45, 2.75) is 27.2 Å². The van der Waals surface area contributed by atoms with Crippen LogP contribution in [0.1, 0.15) is 26.0 Å². The molecule has 7 heteroatoms. The Morgan fingerprint density at radius 2 is 2.00 bits per heavy atom. The van der Waals surface area contributed by atoms with Gasteiger partial charge in [0.15, 0.2) is 5.82 Å². The summed E-state index contributed by atoms with van der Waals surface area (Å²) in [6, 6.07) is 1.66. The van der Waals surface area contributed by atoms with Gasteiger partial charge in [-0.05, 0) is 27.8 Å². The lowest BCUT2D eigenvalue weighted by Gasteiger charge is -2.22. The molecular weight excluding hydrogens is 272 g/mol. The quantitative estimate of drug-likeness (QED) is 0.777. The summed E-state index contributed by atoms with van der Waals surface area (Å²) >= 11 is 0. The number of rotatable bonds is 8. The van der Waals surface area contributed by atoms with E-state index in [1.165, 1.54) is 0 Å². The Morgan fingerprint density at radius 3 is 2.52 bits per heavy atom. The number of likely N-dealkylation sites (N-methyl/N-ethyl adjacent to an activating group) is 2. The highest BCUT2D eigenvalue weighted by Crippen LogP contribution is 2.07. The van der Waals surface area contributed by atoms with Crippen LogP contribution in [0.4, 0.5) is 5.82 Å². The molecule has 0 aromatic carbocycles. The zero-order chi connectivity index (χ0) is 15.8. The van der Waals surface area contributed by atoms with Crippen molar-refractivity contribution in [3.8, 4) is 0 Å². The smallest absolute Gasteiger partial charge is 0.236 e. The van der Waals surface area contributed by atoms with Gasteiger partial charge >= 0.3 is 0 Å². The van der Waals surface area contributed by atoms with Gasteiger partial charge in [0.25, 0.3) is 0 Å². The summed E-state index contributed by atoms with van der Waals surface area (Å²) in [7, 11) is 1.83. The fourth-order valence-electron chi connectivity index (χ4n) is 1.91. The number of aromatic nitrogens is 1. The summed E-state index contributed by atoms with van der Waals surface area (Å²) in [4.78, 5) is 27.3. The Morgan fingerprint density at radius 1 is 1.33 bits per heavy atom. The van der Waals surface area contributed by atoms with Crippen molar-refractivity contribution < 1.29 is 14.1 Å². The predicted octanol–water partition coefficient (Wildman–Crippen LogP) is 1.11. The van der Waals surface area contributed by atoms with Crippen LogP contribution in [0, 0.1) is 6.92 Å². The van der Waals surface area contributed by atoms with E-state index in [2.05, 4.69) is 10.5 Å². The molecule has 0 aliphatic heterocycles. The Labute approximate surface area is 125 Å². The number of nitrogens with zero attached hydrogens (tertiary/aromatic N) is 3. The number of carbonyl (C=O) groups is 2. The first-order valence-electron chi connectivity index (χ1n) is 7.15. The van der Waals surface area contributed by atoms with Gasteiger partial charge < -0.3 is 14.7 Å². The third-order valence-electron chi connectivity index (χ3n) is 3.14. The van der Waals surface area contributed by atoms with E-state index in [1.807, 2.05) is 25.8 Å². The average molecular weight is 296 g/mol. The van der Waals surface area contributed by atoms with Crippen molar-refractivity contribution in [2.24, 2.45) is 0 Å². The summed E-state index contributed by atoms with van der Waals surface area (Å²) in [5, 5.41) is 6.35. The Bertz CT molecular complexity index is 469. The van der Waals surface area contributed by atoms with Crippen molar-refractivity contribution in [2.75, 3.05) is 38.5 Å². The van der Waals surface area contributed by atoms with Crippen LogP contribution in [0.2, 0.25) is 0 Å². The number of hydrogen-bond acceptors (Lipinski definition) is 5. The van der Waals surface area contributed by atoms with Crippen LogP contribution < -0.4 is 5.32 Å². The fraction of sp³-hybridized carbons (Fsp3) is 0.643. The summed E-state index contributed by atoms with van der Waals surface area (Å²) < 4.78 is 4.87. The van der Waals surface area contributed by atoms with Gasteiger partial charge in [-0.2, -0.15) is 0 Å². The second-order valence-electron chi connectivity index (χ2n) is 4.92. The van der Waals surface area contributed by atoms with E-state index in [0.29, 0.717) is 44.2 Å². The Kier molecular flexibility index (Phi) is 6.87. The lowest BCUT2D eigenvalue weighted by Crippen LogP contribution is -2.39. The molecule has 0 atom stereocenters. The average Bonchev–Trinajstić information content (AvgIpc) is 2.83. The number of anilines is 1. The lowest BCUT2D eigenvalue weighted by atomic mass is 10.3. The SMILES string of the molecule is CCN(CC)C(=O)CN(C)CCC(=O)Nc1cc(C)on1. The summed E-state index contributed by atoms with van der Waals surface area (Å²) in [6.07, 6.45) is 0.300. The molecule has 1 aromatic rings. The first-order valence-corrected chi connectivity index (χ1v) is 7.15. The van der Waals surface area contributed by atoms with E-state index in [0.717, 1.165) is 0 Å². The van der Waals surface area contributed by atoms with Gasteiger partial charge in [0.2, 0.25) is 11.8 Å². The molecule has 0 aliphatic rings. The van der Waals surface area contributed by atoms with Crippen LogP contribution >= 0.6 is 0 Å². The normalized spacial score (nSPS) is 10.7. The summed E-state index contributed by atoms with van der Waals surface area (Å²) in [5.41, 5.74) is 0. The Hall–Kier alpha value is -1.89. The van der Waals surface area contributed by atoms with Gasteiger partial charge in [-0.15, -0.1) is 0 Å². The molecule has 0 saturated heterocycles. The highest BCUT2D eigenvalue weighted by molar-refractivity contribution is 5.89. The maximum atomic E-state index is 11.9. The van der Waals surface area contributed by atoms with Gasteiger partial charge in [-0.1, -0.05) is 5.16 Å². The zero-order valence-corrected chi connectivity index (χ0v) is 13.2. The van der Waals surface area contributed by atoms with Gasteiger partial charge in [0.1, 0.15) is 5.76 Å². The van der Waals surface area contributed by atoms with E-state index in [4.69, 9.17) is 4.52 Å². The maximum Gasteiger partial charge on any atom is 0.236 e. The molecule has 0 aliphatic carbocycles. The molecule has 1 heterocycles. The first kappa shape index (κ1) is 17.2. The summed E-state index contributed by atoms with van der Waals surface area (Å²) in [6.45, 7) is 7.90. The van der Waals surface area contributed by atoms with E-state index in [1.54, 1.807) is 17.9 Å². The minimum atomic E-state index is -0.148. The third kappa shape index (κ3) is 5.95. The molecule has 0 radical (unpaired) electrons. The van der Waals surface area contributed by atoms with E-state index < -0.39 is 0 Å². The molecule has 0 unspecified atom stereocenters. The number of hydrogen-bond donors (Lipinski definition) is 1. The number of aryl methyl sites for hydroxylation is 1. The van der Waals surface area contributed by atoms with Gasteiger partial charge in [0.05, 0.1) is 6.54 Å². The number of nitrogens with one attached hydrogen (secondary N) is 1. The maximum absolute atomic E-state index is 11.9. The van der Waals surface area contributed by atoms with Crippen molar-refractivity contribution in [1.29, 1.82) is 0 Å². The van der Waals surface area contributed by atoms with Crippen LogP contribution in [0.3, 0.4) is 0 Å². The molecule has 0 saturated carbocycles. The topological polar surface area (TPSA) is 78.7 Å². The highest BCUT2D eigenvalue weighted by atomic mass is 16.5. The van der Waals surface area contributed by atoms with Crippen molar-refractivity contribution in [3.63, 3.8) is 0 Å². The van der Waals surface area contributed by atoms with E-state index in [9.17, 15) is 9.59 Å². The second kappa shape index (κ2) is 8.41. The molecule has 7 nitrogen and oxygen atoms in total. The number of carbonyl (C=O) groups excluding carboxylic acids is 2. The van der Waals surface area contributed by atoms with Crippen molar-refractivity contribution >= 4 is 17.6 Å². The summed E-state index contributed by atoms with van der Waals surface area (Å²) in [5.74, 6) is 0.993. The van der Waals surface area contributed by atoms with Gasteiger partial charge in [-0.25, -0.2) is 0 Å². The standard InChI is InChI=1S/C14H24N4O3/c1-5-18(6-2)14(20)10-17(4)8-7-13(19)15-12-9-11(3)21-16-12/h9H,5-8,10H2,1-4H3,(H,15,16,19). The van der Waals surface area contributed by atoms with Crippen LogP contribution in [-0.2, 0) is 9.59 Å². The van der Waals surface area contributed by atoms with E-state index in [-0.39, 0.29) is 11.8 Å². The van der Waals surface area contributed by atoms with Gasteiger partial charge in [0, 0.05) is 32.1 Å². The molecule has 0 spiro atoms. The molecule has 0 bridgehead atoms. The van der Waals surface area contributed by atoms with Crippen LogP contribution in [0.25, 0.3) is 0 Å². The Balaban J connectivity index is 2.30. The molecule has 1 N–H and O–H groups in total. The monoisotopic (exact) mass is 296 g/mol. The zero-order valence-electron chi connectivity index (χ0n) is 13.2. The number of amides is 2. The third-order valence-corrected chi connectivity index (χ3v) is 3.14. The highest BCUT2D eigenvalue weighted by Gasteiger charge is 2.13. The molecule has 2 amide bonds. The molecule has 1 aromatic heterocycles. The molecule has 1 rings (SSSR count). The predicted molar refractivity (Wildman–Crippen MR) is 79.9 cm³/mol. The van der Waals surface area contributed by atoms with Crippen LogP contribution in [0.15, 0.2) is 10.6 Å². The lowest BCUT2D eigenvalue weighted by molar-refractivity contribution is -0.132. The largest absolute Gasteiger partial charge is 0.360 e. The molecule has 0 fully saturated rings. The molecular formula is C14H24N4O3. The fourth-order valence-corrected chi connectivity index (χ4v) is 1.91. The van der Waals surface area contributed by atoms with Gasteiger partial charge in [-0.3, -0.25) is 14.5 Å². The molecule has 118 valence electrons. The first-order chi connectivity index (χ1) is 9.96. The minimum Gasteiger partial charge on any atom is -0.360 e. The second-order valence-corrected chi connectivity index (χ2v) is 4.92. The van der Waals surface area contributed by atoms with Crippen LogP contribution in [-0.4, -0.2) is 60.0 Å². The van der Waals surface area contributed by atoms with Crippen LogP contribution in [0.5, 0.6) is 0 Å². The minimum absolute atomic E-state index is 0.0787. The van der Waals surface area contributed by atoms with Crippen molar-refractivity contribution in [3.05, 3.63) is 11.8 Å². The van der Waals surface area contributed by atoms with Crippen molar-refractivity contribution in [1.82, 2.24) is 15.0 Å². The van der Waals surface area contributed by atoms with E-state index >= 15 is 0 Å².